The first-order chi connectivity index (χ1) is 7.99. The topological polar surface area (TPSA) is 34.9 Å². The summed E-state index contributed by atoms with van der Waals surface area (Å²) in [4.78, 5) is 16.0. The molecule has 17 heavy (non-hydrogen) atoms. The highest BCUT2D eigenvalue weighted by atomic mass is 79.9. The monoisotopic (exact) mass is 396 g/mol. The maximum atomic E-state index is 11.9. The number of hydrogen-bond donors (Lipinski definition) is 0. The number of hydrogen-bond acceptors (Lipinski definition) is 2. The molecular formula is C10H4Br2Cl2N2O. The minimum atomic E-state index is -0.245. The van der Waals surface area contributed by atoms with E-state index in [4.69, 9.17) is 23.2 Å². The maximum Gasteiger partial charge on any atom is 0.270 e. The van der Waals surface area contributed by atoms with Crippen molar-refractivity contribution in [2.75, 3.05) is 0 Å². The molecule has 0 N–H and O–H groups in total. The molecule has 0 bridgehead atoms. The van der Waals surface area contributed by atoms with Crippen molar-refractivity contribution in [2.24, 2.45) is 0 Å². The molecule has 0 spiro atoms. The molecule has 2 aromatic heterocycles. The van der Waals surface area contributed by atoms with Crippen molar-refractivity contribution in [1.82, 2.24) is 9.55 Å². The molecule has 0 saturated carbocycles. The van der Waals surface area contributed by atoms with Crippen LogP contribution in [0.5, 0.6) is 0 Å². The summed E-state index contributed by atoms with van der Waals surface area (Å²) in [5.41, 5.74) is -0.245. The van der Waals surface area contributed by atoms with Gasteiger partial charge in [-0.2, -0.15) is 0 Å². The lowest BCUT2D eigenvalue weighted by molar-refractivity contribution is 0.926. The molecular weight excluding hydrogens is 395 g/mol. The van der Waals surface area contributed by atoms with Crippen LogP contribution in [0.15, 0.2) is 38.3 Å². The largest absolute Gasteiger partial charge is 0.270 e. The third-order valence-electron chi connectivity index (χ3n) is 1.96. The number of halogens is 4. The van der Waals surface area contributed by atoms with Gasteiger partial charge in [0.05, 0.1) is 19.0 Å². The Kier molecular flexibility index (Phi) is 3.92. The Hall–Kier alpha value is -0.360. The molecule has 0 amide bonds. The zero-order chi connectivity index (χ0) is 12.6. The lowest BCUT2D eigenvalue weighted by Crippen LogP contribution is -2.19. The molecule has 0 aliphatic rings. The highest BCUT2D eigenvalue weighted by Gasteiger charge is 2.10. The van der Waals surface area contributed by atoms with Crippen LogP contribution in [-0.2, 0) is 0 Å². The van der Waals surface area contributed by atoms with E-state index in [1.54, 1.807) is 6.07 Å². The van der Waals surface area contributed by atoms with Crippen LogP contribution in [0.3, 0.4) is 0 Å². The Balaban J connectivity index is 2.73. The standard InChI is InChI=1S/C10H4Br2Cl2N2O/c11-7-1-5(13)3-15-9(7)16-4-6(14)2-8(12)10(16)17/h1-4H. The summed E-state index contributed by atoms with van der Waals surface area (Å²) in [6, 6.07) is 3.19. The van der Waals surface area contributed by atoms with E-state index in [1.165, 1.54) is 23.0 Å². The summed E-state index contributed by atoms with van der Waals surface area (Å²) in [6.07, 6.45) is 2.96. The molecule has 2 heterocycles. The average Bonchev–Trinajstić information content (AvgIpc) is 2.24. The molecule has 0 aliphatic heterocycles. The molecule has 0 unspecified atom stereocenters. The molecule has 0 aromatic carbocycles. The normalized spacial score (nSPS) is 10.6. The molecule has 88 valence electrons. The second kappa shape index (κ2) is 5.10. The fraction of sp³-hybridized carbons (Fsp3) is 0. The van der Waals surface area contributed by atoms with E-state index in [9.17, 15) is 4.79 Å². The van der Waals surface area contributed by atoms with Crippen molar-refractivity contribution in [2.45, 2.75) is 0 Å². The van der Waals surface area contributed by atoms with Crippen LogP contribution < -0.4 is 5.56 Å². The number of rotatable bonds is 1. The summed E-state index contributed by atoms with van der Waals surface area (Å²) in [5.74, 6) is 0.433. The summed E-state index contributed by atoms with van der Waals surface area (Å²) in [6.45, 7) is 0. The first-order valence-corrected chi connectivity index (χ1v) is 6.72. The van der Waals surface area contributed by atoms with Gasteiger partial charge in [-0.25, -0.2) is 4.98 Å². The summed E-state index contributed by atoms with van der Waals surface area (Å²) >= 11 is 18.1. The van der Waals surface area contributed by atoms with Gasteiger partial charge in [0.1, 0.15) is 0 Å². The number of aromatic nitrogens is 2. The highest BCUT2D eigenvalue weighted by Crippen LogP contribution is 2.23. The smallest absolute Gasteiger partial charge is 0.268 e. The van der Waals surface area contributed by atoms with Crippen LogP contribution in [0.4, 0.5) is 0 Å². The Morgan fingerprint density at radius 1 is 1.12 bits per heavy atom. The van der Waals surface area contributed by atoms with E-state index in [-0.39, 0.29) is 5.56 Å². The van der Waals surface area contributed by atoms with Crippen LogP contribution in [0.2, 0.25) is 10.0 Å². The molecule has 0 atom stereocenters. The van der Waals surface area contributed by atoms with E-state index in [0.717, 1.165) is 0 Å². The second-order valence-electron chi connectivity index (χ2n) is 3.14. The quantitative estimate of drug-likeness (QED) is 0.726. The lowest BCUT2D eigenvalue weighted by atomic mass is 10.4. The summed E-state index contributed by atoms with van der Waals surface area (Å²) in [7, 11) is 0. The molecule has 0 radical (unpaired) electrons. The SMILES string of the molecule is O=c1c(Br)cc(Cl)cn1-c1ncc(Cl)cc1Br. The third-order valence-corrected chi connectivity index (χ3v) is 3.52. The van der Waals surface area contributed by atoms with Gasteiger partial charge in [0.25, 0.3) is 5.56 Å². The van der Waals surface area contributed by atoms with Crippen LogP contribution >= 0.6 is 55.1 Å². The van der Waals surface area contributed by atoms with Crippen LogP contribution in [0.25, 0.3) is 5.82 Å². The van der Waals surface area contributed by atoms with Crippen molar-refractivity contribution in [3.63, 3.8) is 0 Å². The van der Waals surface area contributed by atoms with Gasteiger partial charge in [0, 0.05) is 12.4 Å². The molecule has 0 fully saturated rings. The van der Waals surface area contributed by atoms with E-state index in [0.29, 0.717) is 24.8 Å². The lowest BCUT2D eigenvalue weighted by Gasteiger charge is -2.08. The predicted octanol–water partition coefficient (Wildman–Crippen LogP) is 4.06. The molecule has 3 nitrogen and oxygen atoms in total. The maximum absolute atomic E-state index is 11.9. The fourth-order valence-electron chi connectivity index (χ4n) is 1.26. The van der Waals surface area contributed by atoms with Gasteiger partial charge in [-0.1, -0.05) is 23.2 Å². The highest BCUT2D eigenvalue weighted by molar-refractivity contribution is 9.10. The average molecular weight is 399 g/mol. The van der Waals surface area contributed by atoms with E-state index >= 15 is 0 Å². The van der Waals surface area contributed by atoms with Crippen LogP contribution in [0, 0.1) is 0 Å². The van der Waals surface area contributed by atoms with Gasteiger partial charge >= 0.3 is 0 Å². The molecule has 0 aliphatic carbocycles. The summed E-state index contributed by atoms with van der Waals surface area (Å²) < 4.78 is 2.32. The van der Waals surface area contributed by atoms with Gasteiger partial charge in [-0.3, -0.25) is 9.36 Å². The van der Waals surface area contributed by atoms with Gasteiger partial charge in [0.2, 0.25) is 0 Å². The van der Waals surface area contributed by atoms with E-state index in [1.807, 2.05) is 0 Å². The van der Waals surface area contributed by atoms with Crippen molar-refractivity contribution in [3.05, 3.63) is 53.9 Å². The fourth-order valence-corrected chi connectivity index (χ4v) is 2.86. The second-order valence-corrected chi connectivity index (χ2v) is 5.72. The molecule has 7 heteroatoms. The zero-order valence-corrected chi connectivity index (χ0v) is 12.8. The minimum absolute atomic E-state index is 0.245. The Morgan fingerprint density at radius 3 is 2.41 bits per heavy atom. The van der Waals surface area contributed by atoms with Gasteiger partial charge in [-0.05, 0) is 44.0 Å². The van der Waals surface area contributed by atoms with Gasteiger partial charge in [-0.15, -0.1) is 0 Å². The minimum Gasteiger partial charge on any atom is -0.268 e. The number of nitrogens with zero attached hydrogens (tertiary/aromatic N) is 2. The van der Waals surface area contributed by atoms with Crippen LogP contribution in [0.1, 0.15) is 0 Å². The first kappa shape index (κ1) is 13.1. The van der Waals surface area contributed by atoms with Crippen molar-refractivity contribution in [3.8, 4) is 5.82 Å². The van der Waals surface area contributed by atoms with E-state index in [2.05, 4.69) is 36.8 Å². The zero-order valence-electron chi connectivity index (χ0n) is 8.12. The molecule has 2 rings (SSSR count). The third kappa shape index (κ3) is 2.73. The van der Waals surface area contributed by atoms with Gasteiger partial charge in [0.15, 0.2) is 5.82 Å². The molecule has 2 aromatic rings. The Morgan fingerprint density at radius 2 is 1.76 bits per heavy atom. The van der Waals surface area contributed by atoms with Crippen LogP contribution in [-0.4, -0.2) is 9.55 Å². The predicted molar refractivity (Wildman–Crippen MR) is 75.3 cm³/mol. The van der Waals surface area contributed by atoms with Crippen molar-refractivity contribution < 1.29 is 0 Å². The van der Waals surface area contributed by atoms with E-state index < -0.39 is 0 Å². The first-order valence-electron chi connectivity index (χ1n) is 4.38. The Labute approximate surface area is 124 Å². The summed E-state index contributed by atoms with van der Waals surface area (Å²) in [5, 5.41) is 0.912. The van der Waals surface area contributed by atoms with Crippen molar-refractivity contribution >= 4 is 55.1 Å². The molecule has 0 saturated heterocycles. The van der Waals surface area contributed by atoms with Crippen molar-refractivity contribution in [1.29, 1.82) is 0 Å². The Bertz CT molecular complexity index is 643. The van der Waals surface area contributed by atoms with Gasteiger partial charge < -0.3 is 0 Å². The number of pyridine rings is 2.